The van der Waals surface area contributed by atoms with Crippen molar-refractivity contribution in [2.45, 2.75) is 19.6 Å². The van der Waals surface area contributed by atoms with Gasteiger partial charge in [0.1, 0.15) is 12.1 Å². The molecule has 3 aromatic rings. The van der Waals surface area contributed by atoms with E-state index in [1.807, 2.05) is 10.8 Å². The quantitative estimate of drug-likeness (QED) is 0.711. The number of hydrogen-bond acceptors (Lipinski definition) is 5. The largest absolute Gasteiger partial charge is 0.472 e. The van der Waals surface area contributed by atoms with E-state index in [2.05, 4.69) is 10.1 Å². The van der Waals surface area contributed by atoms with E-state index in [0.717, 1.165) is 5.82 Å². The summed E-state index contributed by atoms with van der Waals surface area (Å²) in [5.41, 5.74) is 0.360. The molecular weight excluding hydrogens is 322 g/mol. The van der Waals surface area contributed by atoms with Crippen molar-refractivity contribution in [3.63, 3.8) is 0 Å². The summed E-state index contributed by atoms with van der Waals surface area (Å²) in [7, 11) is 0. The summed E-state index contributed by atoms with van der Waals surface area (Å²) in [4.78, 5) is 30.8. The predicted molar refractivity (Wildman–Crippen MR) is 87.7 cm³/mol. The molecule has 8 heteroatoms. The number of carbonyl (C=O) groups is 1. The summed E-state index contributed by atoms with van der Waals surface area (Å²) in [5.74, 6) is 0.759. The molecule has 1 atom stereocenters. The van der Waals surface area contributed by atoms with E-state index < -0.39 is 0 Å². The Morgan fingerprint density at radius 3 is 3.00 bits per heavy atom. The van der Waals surface area contributed by atoms with Crippen LogP contribution in [-0.2, 0) is 19.6 Å². The van der Waals surface area contributed by atoms with Gasteiger partial charge in [0.2, 0.25) is 0 Å². The number of amides is 1. The Morgan fingerprint density at radius 2 is 2.20 bits per heavy atom. The fourth-order valence-electron chi connectivity index (χ4n) is 3.15. The molecule has 4 rings (SSSR count). The maximum Gasteiger partial charge on any atom is 0.266 e. The molecule has 0 aliphatic carbocycles. The molecule has 0 saturated heterocycles. The zero-order valence-electron chi connectivity index (χ0n) is 13.5. The van der Waals surface area contributed by atoms with Gasteiger partial charge in [-0.1, -0.05) is 0 Å². The summed E-state index contributed by atoms with van der Waals surface area (Å²) in [6.45, 7) is 2.04. The van der Waals surface area contributed by atoms with E-state index in [1.54, 1.807) is 29.4 Å². The van der Waals surface area contributed by atoms with E-state index in [-0.39, 0.29) is 17.4 Å². The van der Waals surface area contributed by atoms with Crippen LogP contribution in [0.1, 0.15) is 16.2 Å². The first-order valence-electron chi connectivity index (χ1n) is 8.04. The minimum Gasteiger partial charge on any atom is -0.472 e. The molecular formula is C17H17N5O3. The molecule has 25 heavy (non-hydrogen) atoms. The van der Waals surface area contributed by atoms with E-state index in [4.69, 9.17) is 4.42 Å². The summed E-state index contributed by atoms with van der Waals surface area (Å²) in [6, 6.07) is 4.76. The third kappa shape index (κ3) is 3.10. The van der Waals surface area contributed by atoms with Gasteiger partial charge in [0.15, 0.2) is 0 Å². The minimum absolute atomic E-state index is 0.0406. The molecule has 1 amide bonds. The first-order valence-corrected chi connectivity index (χ1v) is 8.04. The predicted octanol–water partition coefficient (Wildman–Crippen LogP) is 1.01. The first-order chi connectivity index (χ1) is 12.2. The third-order valence-corrected chi connectivity index (χ3v) is 4.34. The molecule has 3 aromatic heterocycles. The van der Waals surface area contributed by atoms with Crippen molar-refractivity contribution in [2.75, 3.05) is 6.54 Å². The molecule has 0 radical (unpaired) electrons. The Balaban J connectivity index is 1.62. The second-order valence-corrected chi connectivity index (χ2v) is 6.10. The summed E-state index contributed by atoms with van der Waals surface area (Å²) in [5, 5.41) is 4.13. The lowest BCUT2D eigenvalue weighted by atomic mass is 10.1. The lowest BCUT2D eigenvalue weighted by Gasteiger charge is -2.23. The number of furan rings is 1. The monoisotopic (exact) mass is 339 g/mol. The SMILES string of the molecule is O=C(c1ccoc1)N1Cc2nccn2C[C@@H](Cn2ncccc2=O)C1. The van der Waals surface area contributed by atoms with Gasteiger partial charge in [-0.05, 0) is 12.1 Å². The Labute approximate surface area is 143 Å². The molecule has 8 nitrogen and oxygen atoms in total. The molecule has 4 heterocycles. The summed E-state index contributed by atoms with van der Waals surface area (Å²) >= 11 is 0. The summed E-state index contributed by atoms with van der Waals surface area (Å²) in [6.07, 6.45) is 8.14. The van der Waals surface area contributed by atoms with Crippen LogP contribution in [0.5, 0.6) is 0 Å². The van der Waals surface area contributed by atoms with Gasteiger partial charge in [-0.2, -0.15) is 5.10 Å². The minimum atomic E-state index is -0.148. The Morgan fingerprint density at radius 1 is 1.28 bits per heavy atom. The van der Waals surface area contributed by atoms with Crippen LogP contribution in [-0.4, -0.2) is 36.7 Å². The molecule has 1 aliphatic rings. The van der Waals surface area contributed by atoms with Gasteiger partial charge in [-0.3, -0.25) is 9.59 Å². The van der Waals surface area contributed by atoms with Crippen LogP contribution >= 0.6 is 0 Å². The van der Waals surface area contributed by atoms with Gasteiger partial charge >= 0.3 is 0 Å². The Hall–Kier alpha value is -3.16. The molecule has 128 valence electrons. The van der Waals surface area contributed by atoms with Crippen LogP contribution in [0.4, 0.5) is 0 Å². The van der Waals surface area contributed by atoms with Crippen molar-refractivity contribution in [2.24, 2.45) is 5.92 Å². The van der Waals surface area contributed by atoms with Crippen molar-refractivity contribution in [1.29, 1.82) is 0 Å². The third-order valence-electron chi connectivity index (χ3n) is 4.34. The highest BCUT2D eigenvalue weighted by molar-refractivity contribution is 5.93. The van der Waals surface area contributed by atoms with Crippen molar-refractivity contribution in [3.8, 4) is 0 Å². The zero-order valence-corrected chi connectivity index (χ0v) is 13.5. The van der Waals surface area contributed by atoms with E-state index in [0.29, 0.717) is 31.7 Å². The van der Waals surface area contributed by atoms with Crippen molar-refractivity contribution < 1.29 is 9.21 Å². The molecule has 0 unspecified atom stereocenters. The fraction of sp³-hybridized carbons (Fsp3) is 0.294. The lowest BCUT2D eigenvalue weighted by Crippen LogP contribution is -2.36. The van der Waals surface area contributed by atoms with E-state index >= 15 is 0 Å². The van der Waals surface area contributed by atoms with E-state index in [1.165, 1.54) is 23.3 Å². The number of nitrogens with zero attached hydrogens (tertiary/aromatic N) is 5. The average molecular weight is 339 g/mol. The average Bonchev–Trinajstić information content (AvgIpc) is 3.25. The van der Waals surface area contributed by atoms with Crippen molar-refractivity contribution in [1.82, 2.24) is 24.2 Å². The standard InChI is InChI=1S/C17H17N5O3/c23-16-2-1-4-19-22(16)10-13-8-20-6-5-18-15(20)11-21(9-13)17(24)14-3-7-25-12-14/h1-7,12-13H,8-11H2/t13-/m1/s1. The van der Waals surface area contributed by atoms with Gasteiger partial charge in [0.25, 0.3) is 11.5 Å². The lowest BCUT2D eigenvalue weighted by molar-refractivity contribution is 0.0711. The highest BCUT2D eigenvalue weighted by atomic mass is 16.3. The van der Waals surface area contributed by atoms with Crippen LogP contribution in [0.15, 0.2) is 58.5 Å². The molecule has 0 spiro atoms. The molecule has 1 aliphatic heterocycles. The van der Waals surface area contributed by atoms with Crippen LogP contribution < -0.4 is 5.56 Å². The van der Waals surface area contributed by atoms with Crippen LogP contribution in [0, 0.1) is 5.92 Å². The number of hydrogen-bond donors (Lipinski definition) is 0. The van der Waals surface area contributed by atoms with Gasteiger partial charge < -0.3 is 13.9 Å². The number of fused-ring (bicyclic) bond motifs is 1. The highest BCUT2D eigenvalue weighted by Crippen LogP contribution is 2.19. The molecule has 0 fully saturated rings. The van der Waals surface area contributed by atoms with Crippen LogP contribution in [0.25, 0.3) is 0 Å². The number of rotatable bonds is 3. The number of aromatic nitrogens is 4. The van der Waals surface area contributed by atoms with Gasteiger partial charge in [0, 0.05) is 43.7 Å². The van der Waals surface area contributed by atoms with Crippen LogP contribution in [0.3, 0.4) is 0 Å². The number of imidazole rings is 1. The second-order valence-electron chi connectivity index (χ2n) is 6.10. The molecule has 0 saturated carbocycles. The molecule has 0 N–H and O–H groups in total. The van der Waals surface area contributed by atoms with E-state index in [9.17, 15) is 9.59 Å². The first kappa shape index (κ1) is 15.4. The fourth-order valence-corrected chi connectivity index (χ4v) is 3.15. The second kappa shape index (κ2) is 6.39. The summed E-state index contributed by atoms with van der Waals surface area (Å²) < 4.78 is 8.49. The maximum absolute atomic E-state index is 12.8. The van der Waals surface area contributed by atoms with Crippen LogP contribution in [0.2, 0.25) is 0 Å². The van der Waals surface area contributed by atoms with Crippen molar-refractivity contribution in [3.05, 3.63) is 71.1 Å². The smallest absolute Gasteiger partial charge is 0.266 e. The normalized spacial score (nSPS) is 17.1. The molecule has 0 aromatic carbocycles. The van der Waals surface area contributed by atoms with Gasteiger partial charge in [-0.25, -0.2) is 9.67 Å². The number of carbonyl (C=O) groups excluding carboxylic acids is 1. The highest BCUT2D eigenvalue weighted by Gasteiger charge is 2.27. The zero-order chi connectivity index (χ0) is 17.2. The maximum atomic E-state index is 12.8. The van der Waals surface area contributed by atoms with Crippen molar-refractivity contribution >= 4 is 5.91 Å². The van der Waals surface area contributed by atoms with Gasteiger partial charge in [-0.15, -0.1) is 0 Å². The van der Waals surface area contributed by atoms with Gasteiger partial charge in [0.05, 0.1) is 24.9 Å². The topological polar surface area (TPSA) is 86.2 Å². The Bertz CT molecular complexity index is 928. The molecule has 0 bridgehead atoms. The Kier molecular flexibility index (Phi) is 3.93.